The molecule has 0 bridgehead atoms. The Hall–Kier alpha value is -3.69. The summed E-state index contributed by atoms with van der Waals surface area (Å²) in [6, 6.07) is 8.83. The lowest BCUT2D eigenvalue weighted by Crippen LogP contribution is -2.35. The minimum atomic E-state index is -0.485. The third-order valence-electron chi connectivity index (χ3n) is 5.03. The Kier molecular flexibility index (Phi) is 6.02. The number of hydrogen-bond acceptors (Lipinski definition) is 5. The van der Waals surface area contributed by atoms with E-state index >= 15 is 0 Å². The Morgan fingerprint density at radius 1 is 1.20 bits per heavy atom. The van der Waals surface area contributed by atoms with Gasteiger partial charge in [-0.05, 0) is 18.4 Å². The van der Waals surface area contributed by atoms with Gasteiger partial charge in [0, 0.05) is 12.2 Å². The minimum absolute atomic E-state index is 0.0736. The molecule has 0 spiro atoms. The number of amides is 3. The third kappa shape index (κ3) is 5.02. The van der Waals surface area contributed by atoms with Crippen molar-refractivity contribution < 1.29 is 9.59 Å². The van der Waals surface area contributed by atoms with Gasteiger partial charge < -0.3 is 16.0 Å². The highest BCUT2D eigenvalue weighted by Crippen LogP contribution is 2.19. The first-order valence-electron chi connectivity index (χ1n) is 9.97. The van der Waals surface area contributed by atoms with Gasteiger partial charge in [-0.15, -0.1) is 0 Å². The summed E-state index contributed by atoms with van der Waals surface area (Å²) in [7, 11) is 0. The maximum Gasteiger partial charge on any atom is 0.320 e. The number of carbonyl (C=O) groups is 2. The van der Waals surface area contributed by atoms with Crippen molar-refractivity contribution >= 4 is 17.6 Å². The van der Waals surface area contributed by atoms with Gasteiger partial charge in [0.15, 0.2) is 5.82 Å². The molecule has 3 amide bonds. The molecule has 1 fully saturated rings. The fourth-order valence-electron chi connectivity index (χ4n) is 3.61. The summed E-state index contributed by atoms with van der Waals surface area (Å²) >= 11 is 0. The number of urea groups is 1. The van der Waals surface area contributed by atoms with E-state index in [1.54, 1.807) is 6.20 Å². The number of hydrogen-bond donors (Lipinski definition) is 4. The average Bonchev–Trinajstić information content (AvgIpc) is 3.50. The van der Waals surface area contributed by atoms with Crippen LogP contribution in [0, 0.1) is 0 Å². The third-order valence-corrected chi connectivity index (χ3v) is 5.03. The van der Waals surface area contributed by atoms with Gasteiger partial charge in [-0.25, -0.2) is 9.78 Å². The second-order valence-electron chi connectivity index (χ2n) is 7.29. The number of nitrogens with zero attached hydrogens (tertiary/aromatic N) is 4. The van der Waals surface area contributed by atoms with Crippen LogP contribution < -0.4 is 16.0 Å². The molecule has 0 saturated heterocycles. The molecule has 0 radical (unpaired) electrons. The second-order valence-corrected chi connectivity index (χ2v) is 7.29. The normalized spacial score (nSPS) is 14.9. The van der Waals surface area contributed by atoms with Gasteiger partial charge in [-0.1, -0.05) is 43.2 Å². The summed E-state index contributed by atoms with van der Waals surface area (Å²) in [5.74, 6) is 0.450. The summed E-state index contributed by atoms with van der Waals surface area (Å²) in [5.41, 5.74) is 1.36. The quantitative estimate of drug-likeness (QED) is 0.475. The van der Waals surface area contributed by atoms with Crippen LogP contribution in [-0.4, -0.2) is 42.9 Å². The molecule has 4 rings (SSSR count). The maximum atomic E-state index is 12.6. The summed E-state index contributed by atoms with van der Waals surface area (Å²) in [5, 5.41) is 19.5. The molecule has 1 aliphatic rings. The van der Waals surface area contributed by atoms with Crippen LogP contribution in [0.15, 0.2) is 49.1 Å². The fraction of sp³-hybridized carbons (Fsp3) is 0.350. The Morgan fingerprint density at radius 2 is 2.00 bits per heavy atom. The first-order valence-corrected chi connectivity index (χ1v) is 9.97. The highest BCUT2D eigenvalue weighted by molar-refractivity contribution is 5.89. The minimum Gasteiger partial charge on any atom is -0.352 e. The Morgan fingerprint density at radius 3 is 2.73 bits per heavy atom. The first kappa shape index (κ1) is 19.6. The second kappa shape index (κ2) is 9.21. The molecule has 1 saturated carbocycles. The number of carbonyl (C=O) groups excluding carboxylic acids is 2. The summed E-state index contributed by atoms with van der Waals surface area (Å²) in [6.07, 6.45) is 8.92. The smallest absolute Gasteiger partial charge is 0.320 e. The van der Waals surface area contributed by atoms with Crippen LogP contribution in [0.4, 0.5) is 10.5 Å². The van der Waals surface area contributed by atoms with Crippen molar-refractivity contribution in [3.8, 4) is 0 Å². The van der Waals surface area contributed by atoms with Gasteiger partial charge in [-0.3, -0.25) is 14.6 Å². The lowest BCUT2D eigenvalue weighted by Gasteiger charge is -2.17. The van der Waals surface area contributed by atoms with Crippen LogP contribution in [0.5, 0.6) is 0 Å². The van der Waals surface area contributed by atoms with Crippen molar-refractivity contribution in [2.75, 3.05) is 5.32 Å². The van der Waals surface area contributed by atoms with E-state index < -0.39 is 12.1 Å². The van der Waals surface area contributed by atoms with Gasteiger partial charge in [0.2, 0.25) is 5.91 Å². The maximum absolute atomic E-state index is 12.6. The van der Waals surface area contributed by atoms with E-state index in [-0.39, 0.29) is 18.5 Å². The molecule has 1 unspecified atom stereocenters. The van der Waals surface area contributed by atoms with Crippen molar-refractivity contribution in [3.63, 3.8) is 0 Å². The molecule has 1 atom stereocenters. The van der Waals surface area contributed by atoms with Gasteiger partial charge in [0.1, 0.15) is 18.9 Å². The summed E-state index contributed by atoms with van der Waals surface area (Å²) < 4.78 is 1.50. The van der Waals surface area contributed by atoms with Crippen molar-refractivity contribution in [2.45, 2.75) is 44.3 Å². The van der Waals surface area contributed by atoms with Crippen molar-refractivity contribution in [1.82, 2.24) is 35.6 Å². The number of aromatic amines is 1. The van der Waals surface area contributed by atoms with Gasteiger partial charge in [-0.2, -0.15) is 10.2 Å². The van der Waals surface area contributed by atoms with Gasteiger partial charge in [0.25, 0.3) is 0 Å². The first-order chi connectivity index (χ1) is 14.7. The predicted octanol–water partition coefficient (Wildman–Crippen LogP) is 1.97. The lowest BCUT2D eigenvalue weighted by molar-refractivity contribution is -0.122. The number of rotatable bonds is 7. The molecule has 2 heterocycles. The predicted molar refractivity (Wildman–Crippen MR) is 109 cm³/mol. The van der Waals surface area contributed by atoms with Gasteiger partial charge in [0.05, 0.1) is 11.9 Å². The molecule has 3 aromatic rings. The number of H-pyrrole nitrogens is 1. The van der Waals surface area contributed by atoms with Crippen molar-refractivity contribution in [1.29, 1.82) is 0 Å². The molecular formula is C20H24N8O2. The fourth-order valence-corrected chi connectivity index (χ4v) is 3.61. The zero-order valence-electron chi connectivity index (χ0n) is 16.4. The Balaban J connectivity index is 1.34. The topological polar surface area (TPSA) is 130 Å². The molecule has 30 heavy (non-hydrogen) atoms. The van der Waals surface area contributed by atoms with E-state index in [1.165, 1.54) is 17.2 Å². The van der Waals surface area contributed by atoms with E-state index in [4.69, 9.17) is 0 Å². The van der Waals surface area contributed by atoms with Crippen LogP contribution in [0.25, 0.3) is 0 Å². The van der Waals surface area contributed by atoms with Crippen LogP contribution in [-0.2, 0) is 11.3 Å². The number of aromatic nitrogens is 5. The lowest BCUT2D eigenvalue weighted by atomic mass is 10.1. The van der Waals surface area contributed by atoms with E-state index in [0.717, 1.165) is 31.2 Å². The van der Waals surface area contributed by atoms with Crippen LogP contribution in [0.2, 0.25) is 0 Å². The van der Waals surface area contributed by atoms with E-state index in [9.17, 15) is 9.59 Å². The summed E-state index contributed by atoms with van der Waals surface area (Å²) in [6.45, 7) is 0.116. The summed E-state index contributed by atoms with van der Waals surface area (Å²) in [4.78, 5) is 28.9. The monoisotopic (exact) mass is 408 g/mol. The van der Waals surface area contributed by atoms with Crippen LogP contribution in [0.3, 0.4) is 0 Å². The average molecular weight is 408 g/mol. The number of nitrogens with one attached hydrogen (secondary N) is 4. The zero-order chi connectivity index (χ0) is 20.8. The SMILES string of the molecule is O=C(Cn1cc(NC(=O)NC(c2ccccc2)c2ncn[nH]2)cn1)NC1CCCC1. The van der Waals surface area contributed by atoms with Gasteiger partial charge >= 0.3 is 6.03 Å². The van der Waals surface area contributed by atoms with E-state index in [0.29, 0.717) is 11.5 Å². The molecule has 1 aromatic carbocycles. The molecule has 0 aliphatic heterocycles. The molecule has 2 aromatic heterocycles. The number of anilines is 1. The molecule has 10 heteroatoms. The molecule has 1 aliphatic carbocycles. The molecule has 4 N–H and O–H groups in total. The van der Waals surface area contributed by atoms with Crippen molar-refractivity contribution in [3.05, 3.63) is 60.4 Å². The highest BCUT2D eigenvalue weighted by atomic mass is 16.2. The van der Waals surface area contributed by atoms with E-state index in [1.807, 2.05) is 30.3 Å². The Labute approximate surface area is 173 Å². The number of benzene rings is 1. The van der Waals surface area contributed by atoms with Crippen molar-refractivity contribution in [2.24, 2.45) is 0 Å². The van der Waals surface area contributed by atoms with E-state index in [2.05, 4.69) is 36.2 Å². The Bertz CT molecular complexity index is 964. The molecule has 156 valence electrons. The zero-order valence-corrected chi connectivity index (χ0v) is 16.4. The standard InChI is InChI=1S/C20H24N8O2/c29-17(24-15-8-4-5-9-15)12-28-11-16(10-23-28)25-20(30)26-18(19-21-13-22-27-19)14-6-2-1-3-7-14/h1-3,6-7,10-11,13,15,18H,4-5,8-9,12H2,(H,24,29)(H,21,22,27)(H2,25,26,30). The molecular weight excluding hydrogens is 384 g/mol. The van der Waals surface area contributed by atoms with Crippen LogP contribution in [0.1, 0.15) is 43.1 Å². The largest absolute Gasteiger partial charge is 0.352 e. The molecule has 10 nitrogen and oxygen atoms in total. The van der Waals surface area contributed by atoms with Crippen LogP contribution >= 0.6 is 0 Å². The highest BCUT2D eigenvalue weighted by Gasteiger charge is 2.20.